The first-order valence-electron chi connectivity index (χ1n) is 5.90. The Morgan fingerprint density at radius 1 is 1.45 bits per heavy atom. The van der Waals surface area contributed by atoms with Gasteiger partial charge in [-0.2, -0.15) is 13.2 Å². The summed E-state index contributed by atoms with van der Waals surface area (Å²) in [5, 5.41) is 0. The zero-order valence-corrected chi connectivity index (χ0v) is 11.3. The molecule has 0 bridgehead atoms. The number of aromatic nitrogens is 2. The fourth-order valence-corrected chi connectivity index (χ4v) is 1.72. The van der Waals surface area contributed by atoms with Gasteiger partial charge in [-0.05, 0) is 12.3 Å². The third-order valence-corrected chi connectivity index (χ3v) is 2.62. The van der Waals surface area contributed by atoms with Gasteiger partial charge in [-0.15, -0.1) is 0 Å². The van der Waals surface area contributed by atoms with Crippen LogP contribution < -0.4 is 5.56 Å². The maximum atomic E-state index is 12.6. The van der Waals surface area contributed by atoms with Crippen molar-refractivity contribution in [2.24, 2.45) is 5.92 Å². The van der Waals surface area contributed by atoms with Gasteiger partial charge in [0.05, 0.1) is 13.3 Å². The van der Waals surface area contributed by atoms with E-state index in [1.807, 2.05) is 0 Å². The summed E-state index contributed by atoms with van der Waals surface area (Å²) in [7, 11) is 1.12. The average Bonchev–Trinajstić information content (AvgIpc) is 2.34. The molecule has 0 spiro atoms. The van der Waals surface area contributed by atoms with E-state index in [0.717, 1.165) is 11.7 Å². The van der Waals surface area contributed by atoms with Crippen molar-refractivity contribution in [3.8, 4) is 0 Å². The molecule has 8 heteroatoms. The Labute approximate surface area is 113 Å². The SMILES string of the molecule is COC(=O)[C@H](CC(C)C)n1cc(C(F)(F)F)ncc1=O. The van der Waals surface area contributed by atoms with E-state index in [1.54, 1.807) is 13.8 Å². The highest BCUT2D eigenvalue weighted by molar-refractivity contribution is 5.74. The molecule has 0 aliphatic heterocycles. The molecule has 1 aromatic rings. The minimum atomic E-state index is -4.69. The lowest BCUT2D eigenvalue weighted by atomic mass is 10.0. The van der Waals surface area contributed by atoms with Crippen molar-refractivity contribution in [3.05, 3.63) is 28.4 Å². The van der Waals surface area contributed by atoms with E-state index >= 15 is 0 Å². The topological polar surface area (TPSA) is 61.2 Å². The summed E-state index contributed by atoms with van der Waals surface area (Å²) < 4.78 is 43.1. The highest BCUT2D eigenvalue weighted by Crippen LogP contribution is 2.27. The van der Waals surface area contributed by atoms with Crippen LogP contribution in [0.5, 0.6) is 0 Å². The molecule has 0 fully saturated rings. The van der Waals surface area contributed by atoms with E-state index in [1.165, 1.54) is 0 Å². The Balaban J connectivity index is 3.32. The number of carbonyl (C=O) groups excluding carboxylic acids is 1. The predicted octanol–water partition coefficient (Wildman–Crippen LogP) is 2.02. The first-order chi connectivity index (χ1) is 9.16. The first-order valence-corrected chi connectivity index (χ1v) is 5.90. The first kappa shape index (κ1) is 16.2. The maximum absolute atomic E-state index is 12.6. The van der Waals surface area contributed by atoms with Gasteiger partial charge in [0.15, 0.2) is 5.69 Å². The number of hydrogen-bond acceptors (Lipinski definition) is 4. The molecule has 0 aliphatic carbocycles. The molecule has 1 aromatic heterocycles. The Kier molecular flexibility index (Phi) is 4.91. The number of ether oxygens (including phenoxy) is 1. The maximum Gasteiger partial charge on any atom is 0.434 e. The van der Waals surface area contributed by atoms with Gasteiger partial charge in [-0.25, -0.2) is 9.78 Å². The summed E-state index contributed by atoms with van der Waals surface area (Å²) in [6, 6.07) is -1.10. The number of nitrogens with zero attached hydrogens (tertiary/aromatic N) is 2. The number of alkyl halides is 3. The van der Waals surface area contributed by atoms with Crippen LogP contribution in [0, 0.1) is 5.92 Å². The van der Waals surface area contributed by atoms with E-state index in [9.17, 15) is 22.8 Å². The third kappa shape index (κ3) is 3.82. The minimum absolute atomic E-state index is 0.00602. The van der Waals surface area contributed by atoms with Crippen molar-refractivity contribution in [1.82, 2.24) is 9.55 Å². The van der Waals surface area contributed by atoms with Crippen molar-refractivity contribution in [2.75, 3.05) is 7.11 Å². The lowest BCUT2D eigenvalue weighted by molar-refractivity contribution is -0.147. The third-order valence-electron chi connectivity index (χ3n) is 2.62. The molecule has 0 aromatic carbocycles. The monoisotopic (exact) mass is 292 g/mol. The summed E-state index contributed by atoms with van der Waals surface area (Å²) in [4.78, 5) is 26.4. The Bertz CT molecular complexity index is 537. The lowest BCUT2D eigenvalue weighted by Crippen LogP contribution is -2.32. The van der Waals surface area contributed by atoms with Crippen LogP contribution in [0.4, 0.5) is 13.2 Å². The molecule has 20 heavy (non-hydrogen) atoms. The predicted molar refractivity (Wildman–Crippen MR) is 64.0 cm³/mol. The minimum Gasteiger partial charge on any atom is -0.467 e. The molecule has 5 nitrogen and oxygen atoms in total. The van der Waals surface area contributed by atoms with E-state index in [0.29, 0.717) is 12.4 Å². The highest BCUT2D eigenvalue weighted by Gasteiger charge is 2.34. The molecule has 0 aliphatic rings. The number of methoxy groups -OCH3 is 1. The zero-order chi connectivity index (χ0) is 15.5. The number of esters is 1. The van der Waals surface area contributed by atoms with Crippen molar-refractivity contribution in [1.29, 1.82) is 0 Å². The lowest BCUT2D eigenvalue weighted by Gasteiger charge is -2.20. The van der Waals surface area contributed by atoms with Crippen LogP contribution >= 0.6 is 0 Å². The van der Waals surface area contributed by atoms with Crippen molar-refractivity contribution in [2.45, 2.75) is 32.5 Å². The summed E-state index contributed by atoms with van der Waals surface area (Å²) >= 11 is 0. The van der Waals surface area contributed by atoms with E-state index < -0.39 is 29.4 Å². The standard InChI is InChI=1S/C12H15F3N2O3/c1-7(2)4-8(11(19)20-3)17-6-9(12(13,14)15)16-5-10(17)18/h5-8H,4H2,1-3H3/t8-/m0/s1. The number of rotatable bonds is 4. The summed E-state index contributed by atoms with van der Waals surface area (Å²) in [5.41, 5.74) is -2.01. The van der Waals surface area contributed by atoms with Crippen LogP contribution in [0.1, 0.15) is 32.0 Å². The molecule has 0 unspecified atom stereocenters. The van der Waals surface area contributed by atoms with E-state index in [4.69, 9.17) is 0 Å². The number of halogens is 3. The van der Waals surface area contributed by atoms with Crippen LogP contribution in [0.2, 0.25) is 0 Å². The number of carbonyl (C=O) groups is 1. The molecule has 1 rings (SSSR count). The van der Waals surface area contributed by atoms with Gasteiger partial charge in [-0.3, -0.25) is 9.36 Å². The van der Waals surface area contributed by atoms with Gasteiger partial charge in [0.2, 0.25) is 0 Å². The molecule has 0 saturated heterocycles. The zero-order valence-electron chi connectivity index (χ0n) is 11.3. The van der Waals surface area contributed by atoms with Crippen molar-refractivity contribution >= 4 is 5.97 Å². The van der Waals surface area contributed by atoms with Crippen LogP contribution in [0.25, 0.3) is 0 Å². The molecule has 1 heterocycles. The van der Waals surface area contributed by atoms with Gasteiger partial charge < -0.3 is 4.74 Å². The van der Waals surface area contributed by atoms with Gasteiger partial charge in [0.25, 0.3) is 5.56 Å². The second-order valence-corrected chi connectivity index (χ2v) is 4.68. The smallest absolute Gasteiger partial charge is 0.434 e. The second kappa shape index (κ2) is 6.06. The number of hydrogen-bond donors (Lipinski definition) is 0. The second-order valence-electron chi connectivity index (χ2n) is 4.68. The molecule has 0 amide bonds. The molecule has 1 atom stereocenters. The highest BCUT2D eigenvalue weighted by atomic mass is 19.4. The van der Waals surface area contributed by atoms with Crippen LogP contribution in [-0.2, 0) is 15.7 Å². The summed E-state index contributed by atoms with van der Waals surface area (Å²) in [5.74, 6) is -0.770. The fourth-order valence-electron chi connectivity index (χ4n) is 1.72. The Hall–Kier alpha value is -1.86. The molecule has 0 saturated carbocycles. The van der Waals surface area contributed by atoms with Gasteiger partial charge >= 0.3 is 12.1 Å². The quantitative estimate of drug-likeness (QED) is 0.797. The molecule has 0 N–H and O–H groups in total. The van der Waals surface area contributed by atoms with Gasteiger partial charge in [0, 0.05) is 6.20 Å². The summed E-state index contributed by atoms with van der Waals surface area (Å²) in [6.45, 7) is 3.57. The van der Waals surface area contributed by atoms with Crippen molar-refractivity contribution < 1.29 is 22.7 Å². The largest absolute Gasteiger partial charge is 0.467 e. The van der Waals surface area contributed by atoms with Crippen LogP contribution in [0.3, 0.4) is 0 Å². The van der Waals surface area contributed by atoms with Gasteiger partial charge in [-0.1, -0.05) is 13.8 Å². The Morgan fingerprint density at radius 3 is 2.50 bits per heavy atom. The Morgan fingerprint density at radius 2 is 2.05 bits per heavy atom. The van der Waals surface area contributed by atoms with E-state index in [2.05, 4.69) is 9.72 Å². The fraction of sp³-hybridized carbons (Fsp3) is 0.583. The average molecular weight is 292 g/mol. The van der Waals surface area contributed by atoms with E-state index in [-0.39, 0.29) is 12.3 Å². The molecular formula is C12H15F3N2O3. The molecular weight excluding hydrogens is 277 g/mol. The van der Waals surface area contributed by atoms with Crippen molar-refractivity contribution in [3.63, 3.8) is 0 Å². The molecule has 112 valence electrons. The summed E-state index contributed by atoms with van der Waals surface area (Å²) in [6.07, 6.45) is -3.40. The van der Waals surface area contributed by atoms with Gasteiger partial charge in [0.1, 0.15) is 6.04 Å². The molecule has 0 radical (unpaired) electrons. The van der Waals surface area contributed by atoms with Crippen LogP contribution in [0.15, 0.2) is 17.2 Å². The normalized spacial score (nSPS) is 13.3. The van der Waals surface area contributed by atoms with Crippen LogP contribution in [-0.4, -0.2) is 22.6 Å².